The van der Waals surface area contributed by atoms with E-state index in [1.165, 1.54) is 22.3 Å². The summed E-state index contributed by atoms with van der Waals surface area (Å²) in [7, 11) is 0. The molecule has 12 heteroatoms. The predicted molar refractivity (Wildman–Crippen MR) is 124 cm³/mol. The van der Waals surface area contributed by atoms with Gasteiger partial charge in [-0.1, -0.05) is 24.3 Å². The number of nitrogens with zero attached hydrogens (tertiary/aromatic N) is 8. The van der Waals surface area contributed by atoms with Gasteiger partial charge in [0, 0.05) is 43.2 Å². The molecule has 0 aliphatic carbocycles. The number of hydrogen-bond acceptors (Lipinski definition) is 10. The Hall–Kier alpha value is -2.96. The van der Waals surface area contributed by atoms with Gasteiger partial charge in [0.2, 0.25) is 0 Å². The predicted octanol–water partition coefficient (Wildman–Crippen LogP) is 3.57. The molecular formula is C20H22N8O2S2. The molecule has 4 heterocycles. The lowest BCUT2D eigenvalue weighted by molar-refractivity contribution is -0.384. The van der Waals surface area contributed by atoms with Crippen LogP contribution in [0.1, 0.15) is 30.1 Å². The maximum absolute atomic E-state index is 11.1. The second-order valence-electron chi connectivity index (χ2n) is 7.63. The maximum atomic E-state index is 11.1. The normalized spacial score (nSPS) is 16.0. The first-order valence-electron chi connectivity index (χ1n) is 10.4. The van der Waals surface area contributed by atoms with Crippen LogP contribution in [0.5, 0.6) is 0 Å². The highest BCUT2D eigenvalue weighted by molar-refractivity contribution is 7.22. The third-order valence-corrected chi connectivity index (χ3v) is 7.67. The Morgan fingerprint density at radius 2 is 2.06 bits per heavy atom. The summed E-state index contributed by atoms with van der Waals surface area (Å²) in [4.78, 5) is 21.3. The minimum Gasteiger partial charge on any atom is -0.345 e. The summed E-state index contributed by atoms with van der Waals surface area (Å²) >= 11 is 3.22. The second kappa shape index (κ2) is 8.88. The summed E-state index contributed by atoms with van der Waals surface area (Å²) in [6.07, 6.45) is 0.926. The number of piperazine rings is 1. The Morgan fingerprint density at radius 1 is 1.22 bits per heavy atom. The zero-order chi connectivity index (χ0) is 22.1. The number of anilines is 1. The van der Waals surface area contributed by atoms with Gasteiger partial charge in [-0.25, -0.2) is 9.67 Å². The number of benzene rings is 1. The van der Waals surface area contributed by atoms with Crippen molar-refractivity contribution >= 4 is 43.7 Å². The van der Waals surface area contributed by atoms with Crippen LogP contribution in [0.4, 0.5) is 10.8 Å². The Labute approximate surface area is 192 Å². The fraction of sp³-hybridized carbons (Fsp3) is 0.400. The maximum Gasteiger partial charge on any atom is 0.270 e. The molecule has 0 amide bonds. The van der Waals surface area contributed by atoms with Crippen molar-refractivity contribution < 1.29 is 4.92 Å². The zero-order valence-corrected chi connectivity index (χ0v) is 19.1. The van der Waals surface area contributed by atoms with Crippen molar-refractivity contribution in [2.24, 2.45) is 0 Å². The number of hydrogen-bond donors (Lipinski definition) is 0. The molecule has 1 atom stereocenters. The van der Waals surface area contributed by atoms with Crippen molar-refractivity contribution in [1.29, 1.82) is 0 Å². The van der Waals surface area contributed by atoms with E-state index >= 15 is 0 Å². The van der Waals surface area contributed by atoms with E-state index in [1.807, 2.05) is 10.7 Å². The standard InChI is InChI=1S/C20H22N8O2S2/c1-2-17(19-22-23-24-27(19)13-15-4-3-11-31-15)25-7-9-26(10-8-25)20-21-16-6-5-14(28(29)30)12-18(16)32-20/h3-6,11-12,17H,2,7-10,13H2,1H3. The first kappa shape index (κ1) is 20.9. The fourth-order valence-electron chi connectivity index (χ4n) is 4.09. The Morgan fingerprint density at radius 3 is 2.78 bits per heavy atom. The molecule has 3 aromatic heterocycles. The molecule has 166 valence electrons. The number of thiophene rings is 1. The number of thiazole rings is 1. The van der Waals surface area contributed by atoms with Gasteiger partial charge in [0.05, 0.1) is 27.7 Å². The smallest absolute Gasteiger partial charge is 0.270 e. The number of nitro benzene ring substituents is 1. The van der Waals surface area contributed by atoms with E-state index < -0.39 is 0 Å². The topological polar surface area (TPSA) is 106 Å². The molecule has 32 heavy (non-hydrogen) atoms. The van der Waals surface area contributed by atoms with E-state index in [9.17, 15) is 10.1 Å². The lowest BCUT2D eigenvalue weighted by atomic mass is 10.1. The molecule has 1 aromatic carbocycles. The van der Waals surface area contributed by atoms with Crippen LogP contribution in [0.15, 0.2) is 35.7 Å². The van der Waals surface area contributed by atoms with Crippen molar-refractivity contribution in [3.8, 4) is 0 Å². The van der Waals surface area contributed by atoms with E-state index in [2.05, 4.69) is 43.7 Å². The minimum absolute atomic E-state index is 0.101. The number of fused-ring (bicyclic) bond motifs is 1. The van der Waals surface area contributed by atoms with Crippen molar-refractivity contribution in [2.45, 2.75) is 25.9 Å². The molecule has 4 aromatic rings. The van der Waals surface area contributed by atoms with E-state index in [0.717, 1.165) is 53.8 Å². The molecule has 1 aliphatic heterocycles. The van der Waals surface area contributed by atoms with Crippen LogP contribution in [-0.2, 0) is 6.54 Å². The SMILES string of the molecule is CCC(c1nnnn1Cc1cccs1)N1CCN(c2nc3ccc([N+](=O)[O-])cc3s2)CC1. The average molecular weight is 471 g/mol. The number of aromatic nitrogens is 5. The first-order chi connectivity index (χ1) is 15.6. The van der Waals surface area contributed by atoms with Crippen molar-refractivity contribution in [2.75, 3.05) is 31.1 Å². The van der Waals surface area contributed by atoms with Crippen LogP contribution in [0.2, 0.25) is 0 Å². The molecule has 1 saturated heterocycles. The summed E-state index contributed by atoms with van der Waals surface area (Å²) in [6.45, 7) is 6.28. The number of tetrazole rings is 1. The van der Waals surface area contributed by atoms with Gasteiger partial charge in [-0.05, 0) is 34.4 Å². The van der Waals surface area contributed by atoms with Gasteiger partial charge in [0.1, 0.15) is 0 Å². The van der Waals surface area contributed by atoms with E-state index in [4.69, 9.17) is 4.98 Å². The quantitative estimate of drug-likeness (QED) is 0.298. The monoisotopic (exact) mass is 470 g/mol. The van der Waals surface area contributed by atoms with E-state index in [0.29, 0.717) is 6.54 Å². The average Bonchev–Trinajstić information content (AvgIpc) is 3.56. The summed E-state index contributed by atoms with van der Waals surface area (Å²) in [5.74, 6) is 0.904. The minimum atomic E-state index is -0.367. The molecule has 0 saturated carbocycles. The summed E-state index contributed by atoms with van der Waals surface area (Å²) < 4.78 is 2.75. The van der Waals surface area contributed by atoms with Crippen LogP contribution in [-0.4, -0.2) is 61.2 Å². The van der Waals surface area contributed by atoms with Crippen LogP contribution in [0.3, 0.4) is 0 Å². The van der Waals surface area contributed by atoms with Gasteiger partial charge < -0.3 is 4.90 Å². The fourth-order valence-corrected chi connectivity index (χ4v) is 5.83. The van der Waals surface area contributed by atoms with Gasteiger partial charge in [0.15, 0.2) is 11.0 Å². The van der Waals surface area contributed by atoms with Crippen LogP contribution >= 0.6 is 22.7 Å². The second-order valence-corrected chi connectivity index (χ2v) is 9.67. The van der Waals surface area contributed by atoms with Crippen molar-refractivity contribution in [3.05, 3.63) is 56.5 Å². The molecule has 1 unspecified atom stereocenters. The third kappa shape index (κ3) is 4.08. The lowest BCUT2D eigenvalue weighted by Crippen LogP contribution is -2.48. The molecule has 1 aliphatic rings. The number of nitro groups is 1. The van der Waals surface area contributed by atoms with Crippen LogP contribution in [0.25, 0.3) is 10.2 Å². The van der Waals surface area contributed by atoms with Crippen molar-refractivity contribution in [3.63, 3.8) is 0 Å². The van der Waals surface area contributed by atoms with Crippen LogP contribution < -0.4 is 4.90 Å². The lowest BCUT2D eigenvalue weighted by Gasteiger charge is -2.38. The zero-order valence-electron chi connectivity index (χ0n) is 17.5. The van der Waals surface area contributed by atoms with Gasteiger partial charge in [-0.15, -0.1) is 16.4 Å². The Balaban J connectivity index is 1.28. The molecule has 0 N–H and O–H groups in total. The molecule has 5 rings (SSSR count). The van der Waals surface area contributed by atoms with Gasteiger partial charge in [-0.2, -0.15) is 0 Å². The van der Waals surface area contributed by atoms with Gasteiger partial charge >= 0.3 is 0 Å². The van der Waals surface area contributed by atoms with Gasteiger partial charge in [-0.3, -0.25) is 15.0 Å². The largest absolute Gasteiger partial charge is 0.345 e. The highest BCUT2D eigenvalue weighted by atomic mass is 32.1. The van der Waals surface area contributed by atoms with Gasteiger partial charge in [0.25, 0.3) is 5.69 Å². The van der Waals surface area contributed by atoms with E-state index in [1.54, 1.807) is 23.5 Å². The van der Waals surface area contributed by atoms with Crippen LogP contribution in [0, 0.1) is 10.1 Å². The molecule has 0 radical (unpaired) electrons. The molecule has 0 spiro atoms. The highest BCUT2D eigenvalue weighted by Gasteiger charge is 2.29. The Bertz CT molecular complexity index is 1210. The summed E-state index contributed by atoms with van der Waals surface area (Å²) in [5.41, 5.74) is 0.904. The molecule has 1 fully saturated rings. The summed E-state index contributed by atoms with van der Waals surface area (Å²) in [5, 5.41) is 26.6. The van der Waals surface area contributed by atoms with E-state index in [-0.39, 0.29) is 16.7 Å². The highest BCUT2D eigenvalue weighted by Crippen LogP contribution is 2.33. The number of non-ortho nitro benzene ring substituents is 1. The first-order valence-corrected chi connectivity index (χ1v) is 12.1. The molecular weight excluding hydrogens is 448 g/mol. The molecule has 10 nitrogen and oxygen atoms in total. The summed E-state index contributed by atoms with van der Waals surface area (Å²) in [6, 6.07) is 9.14. The Kier molecular flexibility index (Phi) is 5.81. The van der Waals surface area contributed by atoms with Crippen molar-refractivity contribution in [1.82, 2.24) is 30.1 Å². The third-order valence-electron chi connectivity index (χ3n) is 5.73. The number of rotatable bonds is 7. The molecule has 0 bridgehead atoms.